The minimum Gasteiger partial charge on any atom is -0.324 e. The summed E-state index contributed by atoms with van der Waals surface area (Å²) in [5, 5.41) is 24.4. The molecule has 1 N–H and O–H groups in total. The molecular weight excluding hydrogens is 372 g/mol. The van der Waals surface area contributed by atoms with Crippen molar-refractivity contribution >= 4 is 35.0 Å². The summed E-state index contributed by atoms with van der Waals surface area (Å²) in [4.78, 5) is 12.2. The van der Waals surface area contributed by atoms with E-state index in [-0.39, 0.29) is 11.7 Å². The van der Waals surface area contributed by atoms with Gasteiger partial charge in [0.1, 0.15) is 6.07 Å². The SMILES string of the molecule is Cc1ccccc1-n1nnnc1SCC(=O)Nc1cc(Cl)ccc1C#N. The van der Waals surface area contributed by atoms with E-state index in [1.165, 1.54) is 11.8 Å². The highest BCUT2D eigenvalue weighted by atomic mass is 35.5. The second-order valence-corrected chi connectivity index (χ2v) is 6.68. The average Bonchev–Trinajstić information content (AvgIpc) is 3.09. The number of rotatable bonds is 5. The molecular formula is C17H13ClN6OS. The lowest BCUT2D eigenvalue weighted by atomic mass is 10.2. The predicted octanol–water partition coefficient (Wildman–Crippen LogP) is 3.23. The number of carbonyl (C=O) groups excluding carboxylic acids is 1. The van der Waals surface area contributed by atoms with Gasteiger partial charge in [-0.2, -0.15) is 9.94 Å². The Morgan fingerprint density at radius 1 is 1.35 bits per heavy atom. The van der Waals surface area contributed by atoms with Gasteiger partial charge in [0.25, 0.3) is 0 Å². The zero-order chi connectivity index (χ0) is 18.5. The summed E-state index contributed by atoms with van der Waals surface area (Å²) in [5.41, 5.74) is 2.59. The van der Waals surface area contributed by atoms with Crippen LogP contribution in [-0.2, 0) is 4.79 Å². The molecule has 9 heteroatoms. The Morgan fingerprint density at radius 2 is 2.15 bits per heavy atom. The molecule has 3 aromatic rings. The number of aryl methyl sites for hydroxylation is 1. The average molecular weight is 385 g/mol. The summed E-state index contributed by atoms with van der Waals surface area (Å²) in [6.07, 6.45) is 0. The highest BCUT2D eigenvalue weighted by molar-refractivity contribution is 7.99. The molecule has 0 aliphatic carbocycles. The first kappa shape index (κ1) is 17.9. The number of benzene rings is 2. The van der Waals surface area contributed by atoms with Crippen LogP contribution in [0.1, 0.15) is 11.1 Å². The first-order chi connectivity index (χ1) is 12.6. The minimum atomic E-state index is -0.284. The van der Waals surface area contributed by atoms with Crippen molar-refractivity contribution in [3.05, 3.63) is 58.6 Å². The van der Waals surface area contributed by atoms with Gasteiger partial charge in [0.05, 0.1) is 22.7 Å². The highest BCUT2D eigenvalue weighted by Crippen LogP contribution is 2.23. The Bertz CT molecular complexity index is 997. The van der Waals surface area contributed by atoms with Gasteiger partial charge in [-0.1, -0.05) is 41.6 Å². The fourth-order valence-corrected chi connectivity index (χ4v) is 3.11. The number of nitriles is 1. The molecule has 0 saturated heterocycles. The van der Waals surface area contributed by atoms with E-state index < -0.39 is 0 Å². The van der Waals surface area contributed by atoms with Gasteiger partial charge in [-0.25, -0.2) is 0 Å². The van der Waals surface area contributed by atoms with Gasteiger partial charge in [0.15, 0.2) is 0 Å². The van der Waals surface area contributed by atoms with Crippen molar-refractivity contribution in [3.63, 3.8) is 0 Å². The lowest BCUT2D eigenvalue weighted by Crippen LogP contribution is -2.15. The number of tetrazole rings is 1. The number of nitrogens with one attached hydrogen (secondary N) is 1. The Labute approximate surface area is 159 Å². The van der Waals surface area contributed by atoms with E-state index in [0.717, 1.165) is 11.3 Å². The molecule has 0 bridgehead atoms. The quantitative estimate of drug-likeness (QED) is 0.678. The normalized spacial score (nSPS) is 10.3. The van der Waals surface area contributed by atoms with Crippen molar-refractivity contribution < 1.29 is 4.79 Å². The number of hydrogen-bond acceptors (Lipinski definition) is 6. The number of nitrogens with zero attached hydrogens (tertiary/aromatic N) is 5. The van der Waals surface area contributed by atoms with Gasteiger partial charge >= 0.3 is 0 Å². The molecule has 0 atom stereocenters. The first-order valence-electron chi connectivity index (χ1n) is 7.55. The maximum absolute atomic E-state index is 12.2. The molecule has 0 saturated carbocycles. The van der Waals surface area contributed by atoms with Crippen molar-refractivity contribution in [1.29, 1.82) is 5.26 Å². The van der Waals surface area contributed by atoms with Crippen LogP contribution in [0.5, 0.6) is 0 Å². The molecule has 1 amide bonds. The van der Waals surface area contributed by atoms with Crippen LogP contribution in [-0.4, -0.2) is 31.9 Å². The molecule has 1 aromatic heterocycles. The summed E-state index contributed by atoms with van der Waals surface area (Å²) in [6.45, 7) is 1.96. The molecule has 7 nitrogen and oxygen atoms in total. The number of anilines is 1. The third-order valence-electron chi connectivity index (χ3n) is 3.49. The van der Waals surface area contributed by atoms with Crippen molar-refractivity contribution in [2.75, 3.05) is 11.1 Å². The van der Waals surface area contributed by atoms with Crippen LogP contribution in [0.15, 0.2) is 47.6 Å². The second-order valence-electron chi connectivity index (χ2n) is 5.30. The molecule has 1 heterocycles. The minimum absolute atomic E-state index is 0.0869. The van der Waals surface area contributed by atoms with Gasteiger partial charge in [-0.05, 0) is 47.2 Å². The third-order valence-corrected chi connectivity index (χ3v) is 4.65. The predicted molar refractivity (Wildman–Crippen MR) is 99.4 cm³/mol. The second kappa shape index (κ2) is 7.99. The van der Waals surface area contributed by atoms with Crippen LogP contribution in [0.4, 0.5) is 5.69 Å². The van der Waals surface area contributed by atoms with Crippen LogP contribution in [0.25, 0.3) is 5.69 Å². The van der Waals surface area contributed by atoms with E-state index in [2.05, 4.69) is 20.8 Å². The number of carbonyl (C=O) groups is 1. The molecule has 0 fully saturated rings. The maximum atomic E-state index is 12.2. The number of amides is 1. The van der Waals surface area contributed by atoms with E-state index in [0.29, 0.717) is 21.4 Å². The van der Waals surface area contributed by atoms with Crippen LogP contribution >= 0.6 is 23.4 Å². The number of para-hydroxylation sites is 1. The summed E-state index contributed by atoms with van der Waals surface area (Å²) >= 11 is 7.12. The fraction of sp³-hybridized carbons (Fsp3) is 0.118. The lowest BCUT2D eigenvalue weighted by Gasteiger charge is -2.08. The standard InChI is InChI=1S/C17H13ClN6OS/c1-11-4-2-3-5-15(11)24-17(21-22-23-24)26-10-16(25)20-14-8-13(18)7-6-12(14)9-19/h2-8H,10H2,1H3,(H,20,25). The monoisotopic (exact) mass is 384 g/mol. The highest BCUT2D eigenvalue weighted by Gasteiger charge is 2.14. The zero-order valence-corrected chi connectivity index (χ0v) is 15.3. The molecule has 3 rings (SSSR count). The number of aromatic nitrogens is 4. The Balaban J connectivity index is 1.70. The summed E-state index contributed by atoms with van der Waals surface area (Å²) in [7, 11) is 0. The van der Waals surface area contributed by atoms with E-state index in [1.807, 2.05) is 37.3 Å². The summed E-state index contributed by atoms with van der Waals surface area (Å²) in [5.74, 6) is -0.197. The zero-order valence-electron chi connectivity index (χ0n) is 13.7. The van der Waals surface area contributed by atoms with Gasteiger partial charge < -0.3 is 5.32 Å². The van der Waals surface area contributed by atoms with Crippen molar-refractivity contribution in [3.8, 4) is 11.8 Å². The molecule has 0 aliphatic rings. The van der Waals surface area contributed by atoms with Crippen molar-refractivity contribution in [1.82, 2.24) is 20.2 Å². The summed E-state index contributed by atoms with van der Waals surface area (Å²) in [6, 6.07) is 14.4. The fourth-order valence-electron chi connectivity index (χ4n) is 2.25. The van der Waals surface area contributed by atoms with Crippen LogP contribution in [0.2, 0.25) is 5.02 Å². The van der Waals surface area contributed by atoms with E-state index in [9.17, 15) is 4.79 Å². The van der Waals surface area contributed by atoms with E-state index >= 15 is 0 Å². The molecule has 26 heavy (non-hydrogen) atoms. The molecule has 0 aliphatic heterocycles. The molecule has 2 aromatic carbocycles. The van der Waals surface area contributed by atoms with Crippen LogP contribution in [0, 0.1) is 18.3 Å². The topological polar surface area (TPSA) is 96.5 Å². The van der Waals surface area contributed by atoms with Gasteiger partial charge in [0, 0.05) is 5.02 Å². The third kappa shape index (κ3) is 4.02. The van der Waals surface area contributed by atoms with Gasteiger partial charge in [-0.3, -0.25) is 4.79 Å². The van der Waals surface area contributed by atoms with Gasteiger partial charge in [0.2, 0.25) is 11.1 Å². The number of thioether (sulfide) groups is 1. The van der Waals surface area contributed by atoms with Crippen molar-refractivity contribution in [2.45, 2.75) is 12.1 Å². The number of hydrogen-bond donors (Lipinski definition) is 1. The Hall–Kier alpha value is -2.89. The smallest absolute Gasteiger partial charge is 0.234 e. The molecule has 130 valence electrons. The van der Waals surface area contributed by atoms with Crippen LogP contribution < -0.4 is 5.32 Å². The van der Waals surface area contributed by atoms with Crippen LogP contribution in [0.3, 0.4) is 0 Å². The molecule has 0 unspecified atom stereocenters. The Morgan fingerprint density at radius 3 is 2.92 bits per heavy atom. The summed E-state index contributed by atoms with van der Waals surface area (Å²) < 4.78 is 1.59. The van der Waals surface area contributed by atoms with Crippen molar-refractivity contribution in [2.24, 2.45) is 0 Å². The maximum Gasteiger partial charge on any atom is 0.234 e. The molecule has 0 spiro atoms. The largest absolute Gasteiger partial charge is 0.324 e. The van der Waals surface area contributed by atoms with Gasteiger partial charge in [-0.15, -0.1) is 5.10 Å². The number of halogens is 1. The molecule has 0 radical (unpaired) electrons. The van der Waals surface area contributed by atoms with E-state index in [4.69, 9.17) is 16.9 Å². The Kier molecular flexibility index (Phi) is 5.51. The first-order valence-corrected chi connectivity index (χ1v) is 8.91. The van der Waals surface area contributed by atoms with E-state index in [1.54, 1.807) is 22.9 Å². The lowest BCUT2D eigenvalue weighted by molar-refractivity contribution is -0.113.